The predicted molar refractivity (Wildman–Crippen MR) is 111 cm³/mol. The summed E-state index contributed by atoms with van der Waals surface area (Å²) in [6.45, 7) is 2.17. The third-order valence-electron chi connectivity index (χ3n) is 4.05. The van der Waals surface area contributed by atoms with E-state index in [0.29, 0.717) is 18.2 Å². The van der Waals surface area contributed by atoms with Crippen molar-refractivity contribution in [2.45, 2.75) is 23.2 Å². The minimum absolute atomic E-state index is 0.103. The number of carboxylic acids is 1. The molecule has 1 saturated heterocycles. The van der Waals surface area contributed by atoms with Crippen LogP contribution in [0.15, 0.2) is 53.1 Å². The number of hydrogen-bond donors (Lipinski definition) is 1. The Morgan fingerprint density at radius 3 is 2.78 bits per heavy atom. The number of nitrogens with zero attached hydrogens (tertiary/aromatic N) is 3. The highest BCUT2D eigenvalue weighted by Crippen LogP contribution is 2.40. The Balaban J connectivity index is 1.65. The first kappa shape index (κ1) is 20.5. The zero-order chi connectivity index (χ0) is 19.2. The topological polar surface area (TPSA) is 66.3 Å². The molecular formula is C18H17Cl2N3O2S2. The standard InChI is InChI=1S/C18H17Cl2N3O2S2/c19-14-4-2-1-3-12(14)10-23-8-7-15(13(11-23)9-18(24)25)26-27-17-6-5-16(20)21-22-17/h1-6,9,15H,7-8,10-11H2,(H,24,25)/b13-9-. The van der Waals surface area contributed by atoms with Gasteiger partial charge in [-0.1, -0.05) is 52.2 Å². The van der Waals surface area contributed by atoms with E-state index >= 15 is 0 Å². The van der Waals surface area contributed by atoms with E-state index in [4.69, 9.17) is 23.2 Å². The number of likely N-dealkylation sites (tertiary alicyclic amines) is 1. The van der Waals surface area contributed by atoms with Gasteiger partial charge in [0.1, 0.15) is 5.03 Å². The maximum Gasteiger partial charge on any atom is 0.328 e. The molecule has 1 unspecified atom stereocenters. The van der Waals surface area contributed by atoms with Crippen LogP contribution in [0.1, 0.15) is 12.0 Å². The minimum Gasteiger partial charge on any atom is -0.478 e. The number of piperidine rings is 1. The molecule has 0 radical (unpaired) electrons. The molecule has 1 N–H and O–H groups in total. The van der Waals surface area contributed by atoms with Crippen molar-refractivity contribution >= 4 is 50.8 Å². The molecule has 0 saturated carbocycles. The van der Waals surface area contributed by atoms with Crippen LogP contribution in [0.5, 0.6) is 0 Å². The van der Waals surface area contributed by atoms with Crippen LogP contribution in [-0.2, 0) is 11.3 Å². The van der Waals surface area contributed by atoms with Crippen LogP contribution >= 0.6 is 44.8 Å². The lowest BCUT2D eigenvalue weighted by molar-refractivity contribution is -0.131. The molecule has 0 bridgehead atoms. The normalized spacial score (nSPS) is 19.3. The second kappa shape index (κ2) is 9.80. The summed E-state index contributed by atoms with van der Waals surface area (Å²) in [5.74, 6) is -0.925. The van der Waals surface area contributed by atoms with Crippen LogP contribution in [0.4, 0.5) is 0 Å². The molecule has 2 heterocycles. The van der Waals surface area contributed by atoms with Crippen LogP contribution in [0, 0.1) is 0 Å². The third-order valence-corrected chi connectivity index (χ3v) is 7.37. The number of carboxylic acid groups (broad SMARTS) is 1. The van der Waals surface area contributed by atoms with Gasteiger partial charge >= 0.3 is 5.97 Å². The van der Waals surface area contributed by atoms with Crippen molar-refractivity contribution in [1.82, 2.24) is 15.1 Å². The number of halogens is 2. The van der Waals surface area contributed by atoms with E-state index in [1.54, 1.807) is 22.9 Å². The zero-order valence-electron chi connectivity index (χ0n) is 14.2. The maximum absolute atomic E-state index is 11.3. The fourth-order valence-electron chi connectivity index (χ4n) is 2.79. The number of hydrogen-bond acceptors (Lipinski definition) is 6. The Bertz CT molecular complexity index is 834. The van der Waals surface area contributed by atoms with Gasteiger partial charge in [0.15, 0.2) is 5.15 Å². The molecule has 142 valence electrons. The molecule has 2 aromatic rings. The van der Waals surface area contributed by atoms with Gasteiger partial charge in [-0.05, 0) is 46.6 Å². The predicted octanol–water partition coefficient (Wildman–Crippen LogP) is 4.81. The summed E-state index contributed by atoms with van der Waals surface area (Å²) in [7, 11) is 3.09. The van der Waals surface area contributed by atoms with Gasteiger partial charge in [-0.25, -0.2) is 4.79 Å². The summed E-state index contributed by atoms with van der Waals surface area (Å²) in [4.78, 5) is 13.5. The van der Waals surface area contributed by atoms with E-state index in [1.807, 2.05) is 24.3 Å². The Morgan fingerprint density at radius 2 is 2.07 bits per heavy atom. The highest BCUT2D eigenvalue weighted by atomic mass is 35.5. The monoisotopic (exact) mass is 441 g/mol. The Morgan fingerprint density at radius 1 is 1.26 bits per heavy atom. The summed E-state index contributed by atoms with van der Waals surface area (Å²) < 4.78 is 0. The maximum atomic E-state index is 11.3. The average molecular weight is 442 g/mol. The van der Waals surface area contributed by atoms with Gasteiger partial charge < -0.3 is 5.11 Å². The summed E-state index contributed by atoms with van der Waals surface area (Å²) in [5.41, 5.74) is 1.94. The van der Waals surface area contributed by atoms with E-state index in [0.717, 1.165) is 34.2 Å². The van der Waals surface area contributed by atoms with E-state index < -0.39 is 5.97 Å². The van der Waals surface area contributed by atoms with Crippen LogP contribution in [0.3, 0.4) is 0 Å². The fourth-order valence-corrected chi connectivity index (χ4v) is 5.54. The number of aliphatic carboxylic acids is 1. The average Bonchev–Trinajstić information content (AvgIpc) is 2.64. The third kappa shape index (κ3) is 6.12. The van der Waals surface area contributed by atoms with Gasteiger partial charge in [-0.15, -0.1) is 10.2 Å². The highest BCUT2D eigenvalue weighted by Gasteiger charge is 2.26. The van der Waals surface area contributed by atoms with Gasteiger partial charge in [0.25, 0.3) is 0 Å². The van der Waals surface area contributed by atoms with E-state index in [1.165, 1.54) is 16.9 Å². The molecule has 5 nitrogen and oxygen atoms in total. The Kier molecular flexibility index (Phi) is 7.43. The first-order chi connectivity index (χ1) is 13.0. The summed E-state index contributed by atoms with van der Waals surface area (Å²) >= 11 is 12.0. The molecule has 0 amide bonds. The van der Waals surface area contributed by atoms with Gasteiger partial charge in [-0.3, -0.25) is 4.90 Å². The number of carbonyl (C=O) groups is 1. The zero-order valence-corrected chi connectivity index (χ0v) is 17.4. The van der Waals surface area contributed by atoms with Crippen molar-refractivity contribution in [1.29, 1.82) is 0 Å². The second-order valence-corrected chi connectivity index (χ2v) is 9.23. The molecule has 1 aromatic heterocycles. The van der Waals surface area contributed by atoms with Crippen molar-refractivity contribution in [3.8, 4) is 0 Å². The summed E-state index contributed by atoms with van der Waals surface area (Å²) in [6, 6.07) is 11.2. The van der Waals surface area contributed by atoms with E-state index in [2.05, 4.69) is 15.1 Å². The number of aromatic nitrogens is 2. The molecule has 0 spiro atoms. The van der Waals surface area contributed by atoms with Crippen LogP contribution in [0.2, 0.25) is 10.2 Å². The number of benzene rings is 1. The smallest absolute Gasteiger partial charge is 0.328 e. The lowest BCUT2D eigenvalue weighted by Gasteiger charge is -2.33. The molecule has 1 atom stereocenters. The molecule has 1 aliphatic heterocycles. The molecule has 0 aliphatic carbocycles. The second-order valence-electron chi connectivity index (χ2n) is 6.01. The van der Waals surface area contributed by atoms with Crippen LogP contribution in [-0.4, -0.2) is 44.5 Å². The van der Waals surface area contributed by atoms with Gasteiger partial charge in [-0.2, -0.15) is 0 Å². The summed E-state index contributed by atoms with van der Waals surface area (Å²) in [5, 5.41) is 19.0. The van der Waals surface area contributed by atoms with Crippen molar-refractivity contribution in [2.75, 3.05) is 13.1 Å². The van der Waals surface area contributed by atoms with E-state index in [9.17, 15) is 9.90 Å². The first-order valence-electron chi connectivity index (χ1n) is 8.23. The Labute approximate surface area is 175 Å². The molecule has 27 heavy (non-hydrogen) atoms. The van der Waals surface area contributed by atoms with Crippen molar-refractivity contribution < 1.29 is 9.90 Å². The summed E-state index contributed by atoms with van der Waals surface area (Å²) in [6.07, 6.45) is 2.17. The fraction of sp³-hybridized carbons (Fsp3) is 0.278. The first-order valence-corrected chi connectivity index (χ1v) is 11.2. The lowest BCUT2D eigenvalue weighted by Crippen LogP contribution is -2.36. The number of rotatable bonds is 6. The quantitative estimate of drug-likeness (QED) is 0.509. The largest absolute Gasteiger partial charge is 0.478 e. The highest BCUT2D eigenvalue weighted by molar-refractivity contribution is 8.77. The molecule has 3 rings (SSSR count). The van der Waals surface area contributed by atoms with Crippen molar-refractivity contribution in [2.24, 2.45) is 0 Å². The molecule has 1 fully saturated rings. The molecule has 1 aromatic carbocycles. The van der Waals surface area contributed by atoms with Gasteiger partial charge in [0, 0.05) is 36.0 Å². The van der Waals surface area contributed by atoms with Crippen LogP contribution in [0.25, 0.3) is 0 Å². The minimum atomic E-state index is -0.925. The van der Waals surface area contributed by atoms with Crippen molar-refractivity contribution in [3.63, 3.8) is 0 Å². The Hall–Kier alpha value is -1.25. The molecule has 9 heteroatoms. The van der Waals surface area contributed by atoms with Crippen LogP contribution < -0.4 is 0 Å². The van der Waals surface area contributed by atoms with E-state index in [-0.39, 0.29) is 5.25 Å². The van der Waals surface area contributed by atoms with Gasteiger partial charge in [0.05, 0.1) is 0 Å². The molecular weight excluding hydrogens is 425 g/mol. The van der Waals surface area contributed by atoms with Crippen molar-refractivity contribution in [3.05, 3.63) is 63.8 Å². The molecule has 1 aliphatic rings. The SMILES string of the molecule is O=C(O)/C=C1/CN(Cc2ccccc2Cl)CCC1SSc1ccc(Cl)nn1. The van der Waals surface area contributed by atoms with Gasteiger partial charge in [0.2, 0.25) is 0 Å². The lowest BCUT2D eigenvalue weighted by atomic mass is 10.0.